The van der Waals surface area contributed by atoms with Crippen molar-refractivity contribution in [1.82, 2.24) is 0 Å². The second kappa shape index (κ2) is 11.5. The third-order valence-electron chi connectivity index (χ3n) is 5.43. The van der Waals surface area contributed by atoms with Gasteiger partial charge in [0.2, 0.25) is 0 Å². The van der Waals surface area contributed by atoms with Crippen molar-refractivity contribution < 1.29 is 19.1 Å². The lowest BCUT2D eigenvalue weighted by molar-refractivity contribution is -0.112. The van der Waals surface area contributed by atoms with E-state index in [1.165, 1.54) is 11.5 Å². The van der Waals surface area contributed by atoms with Gasteiger partial charge in [0.25, 0.3) is 5.91 Å². The number of anilines is 1. The van der Waals surface area contributed by atoms with Crippen molar-refractivity contribution in [3.63, 3.8) is 0 Å². The molecule has 0 aliphatic rings. The predicted octanol–water partition coefficient (Wildman–Crippen LogP) is 6.14. The number of hydrogen-bond acceptors (Lipinski definition) is 5. The summed E-state index contributed by atoms with van der Waals surface area (Å²) >= 11 is 0. The summed E-state index contributed by atoms with van der Waals surface area (Å²) in [5, 5.41) is 14.5. The highest BCUT2D eigenvalue weighted by atomic mass is 16.5. The Balaban J connectivity index is 1.37. The molecule has 36 heavy (non-hydrogen) atoms. The Kier molecular flexibility index (Phi) is 7.74. The van der Waals surface area contributed by atoms with Gasteiger partial charge in [-0.1, -0.05) is 48.5 Å². The molecule has 4 aromatic carbocycles. The van der Waals surface area contributed by atoms with Crippen LogP contribution in [0.3, 0.4) is 0 Å². The second-order valence-corrected chi connectivity index (χ2v) is 7.96. The molecule has 0 fully saturated rings. The van der Waals surface area contributed by atoms with E-state index in [2.05, 4.69) is 29.6 Å². The van der Waals surface area contributed by atoms with Gasteiger partial charge in [-0.2, -0.15) is 5.26 Å². The number of amides is 1. The molecule has 0 heterocycles. The summed E-state index contributed by atoms with van der Waals surface area (Å²) in [5.74, 6) is -0.291. The Morgan fingerprint density at radius 1 is 0.917 bits per heavy atom. The average Bonchev–Trinajstić information content (AvgIpc) is 2.91. The van der Waals surface area contributed by atoms with Crippen LogP contribution in [0.25, 0.3) is 16.8 Å². The van der Waals surface area contributed by atoms with Crippen LogP contribution < -0.4 is 10.1 Å². The maximum absolute atomic E-state index is 12.6. The van der Waals surface area contributed by atoms with Gasteiger partial charge in [-0.05, 0) is 77.4 Å². The van der Waals surface area contributed by atoms with Gasteiger partial charge in [0.05, 0.1) is 12.2 Å². The van der Waals surface area contributed by atoms with E-state index in [9.17, 15) is 14.9 Å². The van der Waals surface area contributed by atoms with Crippen molar-refractivity contribution in [3.8, 4) is 11.8 Å². The van der Waals surface area contributed by atoms with Gasteiger partial charge in [-0.3, -0.25) is 4.79 Å². The Labute approximate surface area is 209 Å². The molecule has 0 aliphatic carbocycles. The average molecular weight is 477 g/mol. The largest absolute Gasteiger partial charge is 0.489 e. The highest BCUT2D eigenvalue weighted by Crippen LogP contribution is 2.20. The molecule has 0 unspecified atom stereocenters. The minimum atomic E-state index is -0.544. The smallest absolute Gasteiger partial charge is 0.338 e. The first-order chi connectivity index (χ1) is 17.6. The van der Waals surface area contributed by atoms with Crippen LogP contribution in [-0.4, -0.2) is 18.5 Å². The van der Waals surface area contributed by atoms with Crippen LogP contribution in [0.4, 0.5) is 5.69 Å². The Morgan fingerprint density at radius 3 is 2.33 bits per heavy atom. The van der Waals surface area contributed by atoms with E-state index < -0.39 is 11.9 Å². The van der Waals surface area contributed by atoms with Crippen LogP contribution in [0, 0.1) is 11.3 Å². The fourth-order valence-electron chi connectivity index (χ4n) is 3.57. The monoisotopic (exact) mass is 476 g/mol. The molecule has 0 saturated carbocycles. The van der Waals surface area contributed by atoms with E-state index in [-0.39, 0.29) is 12.2 Å². The number of rotatable bonds is 8. The van der Waals surface area contributed by atoms with Crippen LogP contribution in [0.2, 0.25) is 0 Å². The summed E-state index contributed by atoms with van der Waals surface area (Å²) < 4.78 is 10.8. The van der Waals surface area contributed by atoms with Gasteiger partial charge in [-0.25, -0.2) is 4.79 Å². The predicted molar refractivity (Wildman–Crippen MR) is 139 cm³/mol. The zero-order chi connectivity index (χ0) is 25.3. The summed E-state index contributed by atoms with van der Waals surface area (Å²) in [4.78, 5) is 24.3. The van der Waals surface area contributed by atoms with Gasteiger partial charge < -0.3 is 14.8 Å². The zero-order valence-electron chi connectivity index (χ0n) is 19.7. The Morgan fingerprint density at radius 2 is 1.64 bits per heavy atom. The van der Waals surface area contributed by atoms with E-state index >= 15 is 0 Å². The molecule has 0 radical (unpaired) electrons. The normalized spacial score (nSPS) is 10.9. The van der Waals surface area contributed by atoms with Crippen LogP contribution in [0.15, 0.2) is 96.6 Å². The molecule has 0 saturated heterocycles. The van der Waals surface area contributed by atoms with E-state index in [1.54, 1.807) is 55.5 Å². The molecule has 178 valence electrons. The first-order valence-electron chi connectivity index (χ1n) is 11.5. The number of carbonyl (C=O) groups is 2. The van der Waals surface area contributed by atoms with Gasteiger partial charge in [0.1, 0.15) is 24.0 Å². The van der Waals surface area contributed by atoms with E-state index in [0.717, 1.165) is 10.9 Å². The number of carbonyl (C=O) groups excluding carboxylic acids is 2. The minimum absolute atomic E-state index is 0.0469. The molecule has 6 nitrogen and oxygen atoms in total. The first kappa shape index (κ1) is 24.2. The molecule has 4 aromatic rings. The molecule has 4 rings (SSSR count). The number of nitriles is 1. The molecule has 0 bridgehead atoms. The maximum Gasteiger partial charge on any atom is 0.338 e. The summed E-state index contributed by atoms with van der Waals surface area (Å²) in [6, 6.07) is 29.8. The molecular weight excluding hydrogens is 452 g/mol. The fourth-order valence-corrected chi connectivity index (χ4v) is 3.57. The fraction of sp³-hybridized carbons (Fsp3) is 0.100. The molecule has 1 amide bonds. The second-order valence-electron chi connectivity index (χ2n) is 7.96. The SMILES string of the molecule is CCOC(=O)c1ccc(NC(=O)/C(C#N)=C/c2ccc(OCc3ccc4ccccc4c3)cc2)cc1. The summed E-state index contributed by atoms with van der Waals surface area (Å²) in [7, 11) is 0. The Hall–Kier alpha value is -4.89. The topological polar surface area (TPSA) is 88.4 Å². The summed E-state index contributed by atoms with van der Waals surface area (Å²) in [6.07, 6.45) is 1.51. The molecule has 0 spiro atoms. The zero-order valence-corrected chi connectivity index (χ0v) is 19.7. The number of ether oxygens (including phenoxy) is 2. The third-order valence-corrected chi connectivity index (χ3v) is 5.43. The lowest BCUT2D eigenvalue weighted by Gasteiger charge is -2.08. The summed E-state index contributed by atoms with van der Waals surface area (Å²) in [5.41, 5.74) is 2.56. The van der Waals surface area contributed by atoms with Crippen molar-refractivity contribution in [2.75, 3.05) is 11.9 Å². The number of hydrogen-bond donors (Lipinski definition) is 1. The quantitative estimate of drug-likeness (QED) is 0.187. The number of benzene rings is 4. The number of nitrogens with zero attached hydrogens (tertiary/aromatic N) is 1. The van der Waals surface area contributed by atoms with Crippen molar-refractivity contribution >= 4 is 34.4 Å². The standard InChI is InChI=1S/C30H24N2O4/c1-2-35-30(34)24-11-13-27(14-12-24)32-29(33)26(19-31)17-21-8-15-28(16-9-21)36-20-22-7-10-23-5-3-4-6-25(23)18-22/h3-18H,2,20H2,1H3,(H,32,33)/b26-17+. The lowest BCUT2D eigenvalue weighted by Crippen LogP contribution is -2.13. The van der Waals surface area contributed by atoms with Gasteiger partial charge >= 0.3 is 5.97 Å². The van der Waals surface area contributed by atoms with Crippen LogP contribution in [0.1, 0.15) is 28.4 Å². The third kappa shape index (κ3) is 6.16. The molecule has 0 aromatic heterocycles. The molecule has 1 N–H and O–H groups in total. The first-order valence-corrected chi connectivity index (χ1v) is 11.5. The van der Waals surface area contributed by atoms with Crippen LogP contribution >= 0.6 is 0 Å². The van der Waals surface area contributed by atoms with Gasteiger partial charge in [-0.15, -0.1) is 0 Å². The number of esters is 1. The maximum atomic E-state index is 12.6. The molecule has 0 aliphatic heterocycles. The van der Waals surface area contributed by atoms with Crippen molar-refractivity contribution in [3.05, 3.63) is 113 Å². The number of fused-ring (bicyclic) bond motifs is 1. The highest BCUT2D eigenvalue weighted by Gasteiger charge is 2.11. The minimum Gasteiger partial charge on any atom is -0.489 e. The lowest BCUT2D eigenvalue weighted by atomic mass is 10.1. The van der Waals surface area contributed by atoms with Gasteiger partial charge in [0, 0.05) is 5.69 Å². The molecular formula is C30H24N2O4. The van der Waals surface area contributed by atoms with Crippen LogP contribution in [-0.2, 0) is 16.1 Å². The van der Waals surface area contributed by atoms with E-state index in [4.69, 9.17) is 9.47 Å². The molecule has 0 atom stereocenters. The van der Waals surface area contributed by atoms with Crippen molar-refractivity contribution in [1.29, 1.82) is 5.26 Å². The van der Waals surface area contributed by atoms with Crippen molar-refractivity contribution in [2.45, 2.75) is 13.5 Å². The van der Waals surface area contributed by atoms with Crippen molar-refractivity contribution in [2.24, 2.45) is 0 Å². The van der Waals surface area contributed by atoms with Crippen LogP contribution in [0.5, 0.6) is 5.75 Å². The van der Waals surface area contributed by atoms with Gasteiger partial charge in [0.15, 0.2) is 0 Å². The van der Waals surface area contributed by atoms with E-state index in [1.807, 2.05) is 24.3 Å². The Bertz CT molecular complexity index is 1450. The summed E-state index contributed by atoms with van der Waals surface area (Å²) in [6.45, 7) is 2.45. The number of nitrogens with one attached hydrogen (secondary N) is 1. The highest BCUT2D eigenvalue weighted by molar-refractivity contribution is 6.09. The molecule has 6 heteroatoms. The van der Waals surface area contributed by atoms with E-state index in [0.29, 0.717) is 29.2 Å².